The maximum absolute atomic E-state index is 12.9. The van der Waals surface area contributed by atoms with Crippen molar-refractivity contribution >= 4 is 27.4 Å². The molecule has 1 aromatic heterocycles. The van der Waals surface area contributed by atoms with Gasteiger partial charge in [-0.1, -0.05) is 24.4 Å². The van der Waals surface area contributed by atoms with Crippen molar-refractivity contribution in [3.8, 4) is 0 Å². The molecule has 0 N–H and O–H groups in total. The van der Waals surface area contributed by atoms with Gasteiger partial charge in [0.15, 0.2) is 5.03 Å². The fourth-order valence-electron chi connectivity index (χ4n) is 2.80. The molecule has 0 aromatic carbocycles. The number of Topliss-reactive ketones (excluding diaryl/α,β-unsaturated/α-hetero) is 1. The number of hydrogen-bond donors (Lipinski definition) is 0. The molecule has 2 heterocycles. The molecular formula is C13H20ClN3O3S. The van der Waals surface area contributed by atoms with Crippen LogP contribution in [0.15, 0.2) is 11.2 Å². The topological polar surface area (TPSA) is 72.3 Å². The molecule has 1 unspecified atom stereocenters. The van der Waals surface area contributed by atoms with Crippen LogP contribution in [-0.2, 0) is 21.9 Å². The minimum atomic E-state index is -3.75. The molecule has 1 aromatic rings. The molecular weight excluding hydrogens is 314 g/mol. The fourth-order valence-corrected chi connectivity index (χ4v) is 5.11. The van der Waals surface area contributed by atoms with Gasteiger partial charge in [0.25, 0.3) is 10.0 Å². The molecule has 1 fully saturated rings. The third kappa shape index (κ3) is 3.46. The minimum Gasteiger partial charge on any atom is -0.300 e. The number of nitrogens with zero attached hydrogens (tertiary/aromatic N) is 3. The van der Waals surface area contributed by atoms with Crippen LogP contribution in [0.1, 0.15) is 39.0 Å². The summed E-state index contributed by atoms with van der Waals surface area (Å²) in [6.07, 6.45) is 4.97. The van der Waals surface area contributed by atoms with Crippen LogP contribution in [0.25, 0.3) is 0 Å². The second-order valence-corrected chi connectivity index (χ2v) is 7.66. The van der Waals surface area contributed by atoms with Crippen molar-refractivity contribution in [2.24, 2.45) is 7.05 Å². The van der Waals surface area contributed by atoms with E-state index < -0.39 is 10.0 Å². The van der Waals surface area contributed by atoms with Crippen LogP contribution >= 0.6 is 11.6 Å². The maximum atomic E-state index is 12.9. The number of carbonyl (C=O) groups is 1. The van der Waals surface area contributed by atoms with Crippen LogP contribution in [0.5, 0.6) is 0 Å². The lowest BCUT2D eigenvalue weighted by Crippen LogP contribution is -2.41. The van der Waals surface area contributed by atoms with Gasteiger partial charge < -0.3 is 0 Å². The van der Waals surface area contributed by atoms with Crippen LogP contribution in [0, 0.1) is 0 Å². The highest BCUT2D eigenvalue weighted by Crippen LogP contribution is 2.29. The van der Waals surface area contributed by atoms with E-state index in [-0.39, 0.29) is 28.3 Å². The first-order valence-corrected chi connectivity index (χ1v) is 8.84. The maximum Gasteiger partial charge on any atom is 0.262 e. The van der Waals surface area contributed by atoms with Gasteiger partial charge in [-0.25, -0.2) is 8.42 Å². The predicted octanol–water partition coefficient (Wildman–Crippen LogP) is 1.99. The van der Waals surface area contributed by atoms with Crippen LogP contribution in [0.4, 0.5) is 0 Å². The van der Waals surface area contributed by atoms with Gasteiger partial charge in [0.05, 0.1) is 11.2 Å². The lowest BCUT2D eigenvalue weighted by Gasteiger charge is -2.28. The van der Waals surface area contributed by atoms with E-state index in [1.165, 1.54) is 22.1 Å². The first-order chi connectivity index (χ1) is 9.84. The van der Waals surface area contributed by atoms with Crippen molar-refractivity contribution in [1.82, 2.24) is 14.1 Å². The van der Waals surface area contributed by atoms with Crippen molar-refractivity contribution in [2.45, 2.75) is 50.1 Å². The number of aryl methyl sites for hydroxylation is 1. The summed E-state index contributed by atoms with van der Waals surface area (Å²) < 4.78 is 28.5. The zero-order chi connectivity index (χ0) is 15.6. The van der Waals surface area contributed by atoms with Crippen LogP contribution in [0.3, 0.4) is 0 Å². The van der Waals surface area contributed by atoms with Gasteiger partial charge >= 0.3 is 0 Å². The molecule has 1 saturated heterocycles. The van der Waals surface area contributed by atoms with E-state index in [4.69, 9.17) is 11.6 Å². The Balaban J connectivity index is 2.41. The Labute approximate surface area is 130 Å². The molecule has 21 heavy (non-hydrogen) atoms. The van der Waals surface area contributed by atoms with Gasteiger partial charge in [-0.2, -0.15) is 9.40 Å². The van der Waals surface area contributed by atoms with Crippen LogP contribution < -0.4 is 0 Å². The zero-order valence-corrected chi connectivity index (χ0v) is 13.8. The summed E-state index contributed by atoms with van der Waals surface area (Å²) in [4.78, 5) is 11.5. The SMILES string of the molecule is CC(=O)CC1CCCCCN1S(=O)(=O)c1c(Cl)cnn1C. The molecule has 1 atom stereocenters. The fraction of sp³-hybridized carbons (Fsp3) is 0.692. The molecule has 0 radical (unpaired) electrons. The standard InChI is InChI=1S/C13H20ClN3O3S/c1-10(18)8-11-6-4-3-5-7-17(11)21(19,20)13-12(14)9-15-16(13)2/h9,11H,3-8H2,1-2H3. The summed E-state index contributed by atoms with van der Waals surface area (Å²) in [5.74, 6) is -0.00166. The summed E-state index contributed by atoms with van der Waals surface area (Å²) in [7, 11) is -2.20. The van der Waals surface area contributed by atoms with Crippen molar-refractivity contribution < 1.29 is 13.2 Å². The van der Waals surface area contributed by atoms with Crippen molar-refractivity contribution in [1.29, 1.82) is 0 Å². The summed E-state index contributed by atoms with van der Waals surface area (Å²) in [5.41, 5.74) is 0. The molecule has 0 aliphatic carbocycles. The Hall–Kier alpha value is -0.920. The molecule has 1 aliphatic heterocycles. The van der Waals surface area contributed by atoms with E-state index in [2.05, 4.69) is 5.10 Å². The Bertz CT molecular complexity index is 607. The Morgan fingerprint density at radius 3 is 2.71 bits per heavy atom. The minimum absolute atomic E-state index is 0.000353. The average Bonchev–Trinajstić information content (AvgIpc) is 2.60. The molecule has 0 amide bonds. The number of sulfonamides is 1. The molecule has 8 heteroatoms. The summed E-state index contributed by atoms with van der Waals surface area (Å²) in [5, 5.41) is 4.01. The van der Waals surface area contributed by atoms with E-state index in [9.17, 15) is 13.2 Å². The third-order valence-electron chi connectivity index (χ3n) is 3.74. The number of rotatable bonds is 4. The Morgan fingerprint density at radius 2 is 2.14 bits per heavy atom. The molecule has 118 valence electrons. The summed E-state index contributed by atoms with van der Waals surface area (Å²) in [6.45, 7) is 1.91. The Morgan fingerprint density at radius 1 is 1.43 bits per heavy atom. The van der Waals surface area contributed by atoms with Gasteiger partial charge in [0.1, 0.15) is 5.78 Å². The second kappa shape index (κ2) is 6.46. The lowest BCUT2D eigenvalue weighted by atomic mass is 10.1. The molecule has 6 nitrogen and oxygen atoms in total. The first-order valence-electron chi connectivity index (χ1n) is 7.03. The van der Waals surface area contributed by atoms with Crippen molar-refractivity contribution in [3.63, 3.8) is 0 Å². The van der Waals surface area contributed by atoms with E-state index >= 15 is 0 Å². The average molecular weight is 334 g/mol. The molecule has 0 bridgehead atoms. The smallest absolute Gasteiger partial charge is 0.262 e. The quantitative estimate of drug-likeness (QED) is 0.844. The Kier molecular flexibility index (Phi) is 5.06. The number of carbonyl (C=O) groups excluding carboxylic acids is 1. The number of ketones is 1. The normalized spacial score (nSPS) is 21.2. The second-order valence-electron chi connectivity index (χ2n) is 5.45. The molecule has 0 spiro atoms. The number of hydrogen-bond acceptors (Lipinski definition) is 4. The highest BCUT2D eigenvalue weighted by atomic mass is 35.5. The van der Waals surface area contributed by atoms with E-state index in [0.29, 0.717) is 13.0 Å². The first kappa shape index (κ1) is 16.5. The van der Waals surface area contributed by atoms with Crippen LogP contribution in [-0.4, -0.2) is 40.9 Å². The third-order valence-corrected chi connectivity index (χ3v) is 6.20. The van der Waals surface area contributed by atoms with E-state index in [1.54, 1.807) is 7.05 Å². The van der Waals surface area contributed by atoms with Gasteiger partial charge in [-0.05, 0) is 19.8 Å². The monoisotopic (exact) mass is 333 g/mol. The zero-order valence-electron chi connectivity index (χ0n) is 12.2. The highest BCUT2D eigenvalue weighted by Gasteiger charge is 2.36. The van der Waals surface area contributed by atoms with Gasteiger partial charge in [-0.3, -0.25) is 9.48 Å². The lowest BCUT2D eigenvalue weighted by molar-refractivity contribution is -0.117. The molecule has 1 aliphatic rings. The van der Waals surface area contributed by atoms with Gasteiger partial charge in [-0.15, -0.1) is 0 Å². The van der Waals surface area contributed by atoms with Crippen LogP contribution in [0.2, 0.25) is 5.02 Å². The number of halogens is 1. The van der Waals surface area contributed by atoms with E-state index in [1.807, 2.05) is 0 Å². The molecule has 0 saturated carbocycles. The summed E-state index contributed by atoms with van der Waals surface area (Å²) >= 11 is 5.99. The van der Waals surface area contributed by atoms with Gasteiger partial charge in [0, 0.05) is 26.1 Å². The van der Waals surface area contributed by atoms with Crippen molar-refractivity contribution in [2.75, 3.05) is 6.54 Å². The molecule has 2 rings (SSSR count). The highest BCUT2D eigenvalue weighted by molar-refractivity contribution is 7.89. The van der Waals surface area contributed by atoms with Gasteiger partial charge in [0.2, 0.25) is 0 Å². The predicted molar refractivity (Wildman–Crippen MR) is 79.7 cm³/mol. The largest absolute Gasteiger partial charge is 0.300 e. The number of aromatic nitrogens is 2. The summed E-state index contributed by atoms with van der Waals surface area (Å²) in [6, 6.07) is -0.291. The van der Waals surface area contributed by atoms with E-state index in [0.717, 1.165) is 19.3 Å². The van der Waals surface area contributed by atoms with Crippen molar-refractivity contribution in [3.05, 3.63) is 11.2 Å².